The predicted molar refractivity (Wildman–Crippen MR) is 77.5 cm³/mol. The van der Waals surface area contributed by atoms with Gasteiger partial charge in [-0.1, -0.05) is 44.5 Å². The Bertz CT molecular complexity index is 409. The summed E-state index contributed by atoms with van der Waals surface area (Å²) in [5.74, 6) is 0.614. The lowest BCUT2D eigenvalue weighted by Crippen LogP contribution is -2.24. The fourth-order valence-electron chi connectivity index (χ4n) is 1.72. The second-order valence-corrected chi connectivity index (χ2v) is 6.37. The van der Waals surface area contributed by atoms with Gasteiger partial charge in [-0.2, -0.15) is 0 Å². The summed E-state index contributed by atoms with van der Waals surface area (Å²) in [5.41, 5.74) is 1.89. The number of hydrogen-bond donors (Lipinski definition) is 0. The number of ketones is 1. The molecule has 0 radical (unpaired) electrons. The van der Waals surface area contributed by atoms with Crippen molar-refractivity contribution < 1.29 is 9.00 Å². The first-order valence-electron chi connectivity index (χ1n) is 6.60. The molecule has 0 aliphatic rings. The number of rotatable bonds is 7. The van der Waals surface area contributed by atoms with E-state index in [-0.39, 0.29) is 5.78 Å². The summed E-state index contributed by atoms with van der Waals surface area (Å²) < 4.78 is 11.9. The van der Waals surface area contributed by atoms with Crippen LogP contribution in [0.5, 0.6) is 0 Å². The molecule has 0 spiro atoms. The molecule has 100 valence electrons. The first-order chi connectivity index (χ1) is 8.60. The van der Waals surface area contributed by atoms with Gasteiger partial charge < -0.3 is 0 Å². The van der Waals surface area contributed by atoms with E-state index in [4.69, 9.17) is 0 Å². The van der Waals surface area contributed by atoms with E-state index in [1.165, 1.54) is 5.56 Å². The SMILES string of the molecule is CCCCS(=O)C(C)C(=O)c1ccc(CC)cc1. The fraction of sp³-hybridized carbons (Fsp3) is 0.533. The van der Waals surface area contributed by atoms with Crippen molar-refractivity contribution in [1.29, 1.82) is 0 Å². The van der Waals surface area contributed by atoms with Crippen molar-refractivity contribution in [2.75, 3.05) is 5.75 Å². The number of Topliss-reactive ketones (excluding diaryl/α,β-unsaturated/α-hetero) is 1. The molecule has 1 aromatic rings. The third-order valence-corrected chi connectivity index (χ3v) is 4.80. The molecule has 18 heavy (non-hydrogen) atoms. The smallest absolute Gasteiger partial charge is 0.178 e. The Morgan fingerprint density at radius 2 is 1.83 bits per heavy atom. The maximum Gasteiger partial charge on any atom is 0.178 e. The number of hydrogen-bond acceptors (Lipinski definition) is 2. The van der Waals surface area contributed by atoms with Crippen LogP contribution in [-0.2, 0) is 17.2 Å². The molecule has 0 bridgehead atoms. The minimum Gasteiger partial charge on any atom is -0.293 e. The van der Waals surface area contributed by atoms with Crippen molar-refractivity contribution >= 4 is 16.6 Å². The third-order valence-electron chi connectivity index (χ3n) is 3.11. The van der Waals surface area contributed by atoms with Gasteiger partial charge >= 0.3 is 0 Å². The summed E-state index contributed by atoms with van der Waals surface area (Å²) in [4.78, 5) is 12.2. The molecule has 0 fully saturated rings. The lowest BCUT2D eigenvalue weighted by atomic mass is 10.1. The van der Waals surface area contributed by atoms with Gasteiger partial charge in [-0.15, -0.1) is 0 Å². The van der Waals surface area contributed by atoms with Crippen molar-refractivity contribution in [1.82, 2.24) is 0 Å². The molecule has 3 heteroatoms. The van der Waals surface area contributed by atoms with Gasteiger partial charge in [0.05, 0.1) is 5.25 Å². The van der Waals surface area contributed by atoms with E-state index in [0.29, 0.717) is 11.3 Å². The minimum absolute atomic E-state index is 0.00732. The molecule has 0 aromatic heterocycles. The summed E-state index contributed by atoms with van der Waals surface area (Å²) in [6.45, 7) is 5.91. The van der Waals surface area contributed by atoms with Crippen molar-refractivity contribution in [3.8, 4) is 0 Å². The van der Waals surface area contributed by atoms with Gasteiger partial charge in [0.2, 0.25) is 0 Å². The highest BCUT2D eigenvalue weighted by Crippen LogP contribution is 2.11. The zero-order valence-electron chi connectivity index (χ0n) is 11.4. The highest BCUT2D eigenvalue weighted by Gasteiger charge is 2.20. The zero-order chi connectivity index (χ0) is 13.5. The Balaban J connectivity index is 2.70. The van der Waals surface area contributed by atoms with Gasteiger partial charge in [0.15, 0.2) is 5.78 Å². The van der Waals surface area contributed by atoms with E-state index in [0.717, 1.165) is 19.3 Å². The van der Waals surface area contributed by atoms with Crippen molar-refractivity contribution in [2.24, 2.45) is 0 Å². The molecule has 0 heterocycles. The van der Waals surface area contributed by atoms with E-state index in [1.807, 2.05) is 24.3 Å². The van der Waals surface area contributed by atoms with E-state index >= 15 is 0 Å². The molecule has 0 aliphatic heterocycles. The monoisotopic (exact) mass is 266 g/mol. The molecule has 2 nitrogen and oxygen atoms in total. The highest BCUT2D eigenvalue weighted by atomic mass is 32.2. The lowest BCUT2D eigenvalue weighted by Gasteiger charge is -2.10. The average Bonchev–Trinajstić information content (AvgIpc) is 2.43. The standard InChI is InChI=1S/C15H22O2S/c1-4-6-11-18(17)12(3)15(16)14-9-7-13(5-2)8-10-14/h7-10,12H,4-6,11H2,1-3H3. The number of aryl methyl sites for hydroxylation is 1. The molecule has 1 rings (SSSR count). The number of carbonyl (C=O) groups excluding carboxylic acids is 1. The third kappa shape index (κ3) is 4.05. The molecule has 1 aromatic carbocycles. The van der Waals surface area contributed by atoms with Gasteiger partial charge in [0, 0.05) is 22.1 Å². The first-order valence-corrected chi connectivity index (χ1v) is 7.98. The Morgan fingerprint density at radius 3 is 2.33 bits per heavy atom. The van der Waals surface area contributed by atoms with Crippen molar-refractivity contribution in [2.45, 2.75) is 45.3 Å². The fourth-order valence-corrected chi connectivity index (χ4v) is 3.02. The highest BCUT2D eigenvalue weighted by molar-refractivity contribution is 7.86. The quantitative estimate of drug-likeness (QED) is 0.709. The molecular weight excluding hydrogens is 244 g/mol. The van der Waals surface area contributed by atoms with Crippen LogP contribution in [-0.4, -0.2) is 21.0 Å². The van der Waals surface area contributed by atoms with Gasteiger partial charge in [0.25, 0.3) is 0 Å². The van der Waals surface area contributed by atoms with Crippen LogP contribution in [0.2, 0.25) is 0 Å². The van der Waals surface area contributed by atoms with Gasteiger partial charge in [-0.05, 0) is 25.3 Å². The summed E-state index contributed by atoms with van der Waals surface area (Å²) >= 11 is 0. The largest absolute Gasteiger partial charge is 0.293 e. The van der Waals surface area contributed by atoms with Gasteiger partial charge in [-0.3, -0.25) is 9.00 Å². The van der Waals surface area contributed by atoms with Crippen LogP contribution < -0.4 is 0 Å². The molecule has 2 unspecified atom stereocenters. The zero-order valence-corrected chi connectivity index (χ0v) is 12.3. The summed E-state index contributed by atoms with van der Waals surface area (Å²) in [7, 11) is -1.05. The van der Waals surface area contributed by atoms with Gasteiger partial charge in [0.1, 0.15) is 0 Å². The molecule has 0 aliphatic carbocycles. The topological polar surface area (TPSA) is 34.1 Å². The Morgan fingerprint density at radius 1 is 1.22 bits per heavy atom. The summed E-state index contributed by atoms with van der Waals surface area (Å²) in [6, 6.07) is 7.62. The second kappa shape index (κ2) is 7.47. The normalized spacial score (nSPS) is 14.2. The molecule has 2 atom stereocenters. The Labute approximate surface area is 112 Å². The van der Waals surface area contributed by atoms with E-state index in [1.54, 1.807) is 6.92 Å². The van der Waals surface area contributed by atoms with Crippen LogP contribution in [0.3, 0.4) is 0 Å². The maximum absolute atomic E-state index is 12.2. The van der Waals surface area contributed by atoms with Crippen LogP contribution >= 0.6 is 0 Å². The lowest BCUT2D eigenvalue weighted by molar-refractivity contribution is 0.0992. The molecule has 0 saturated carbocycles. The first kappa shape index (κ1) is 15.1. The summed E-state index contributed by atoms with van der Waals surface area (Å²) in [5, 5.41) is -0.399. The van der Waals surface area contributed by atoms with E-state index in [2.05, 4.69) is 13.8 Å². The van der Waals surface area contributed by atoms with E-state index in [9.17, 15) is 9.00 Å². The number of carbonyl (C=O) groups is 1. The second-order valence-electron chi connectivity index (χ2n) is 4.50. The molecule has 0 N–H and O–H groups in total. The van der Waals surface area contributed by atoms with Crippen molar-refractivity contribution in [3.63, 3.8) is 0 Å². The predicted octanol–water partition coefficient (Wildman–Crippen LogP) is 3.37. The molecular formula is C15H22O2S. The molecule has 0 saturated heterocycles. The Kier molecular flexibility index (Phi) is 6.27. The summed E-state index contributed by atoms with van der Waals surface area (Å²) in [6.07, 6.45) is 2.89. The van der Waals surface area contributed by atoms with E-state index < -0.39 is 16.0 Å². The number of unbranched alkanes of at least 4 members (excludes halogenated alkanes) is 1. The Hall–Kier alpha value is -0.960. The number of benzene rings is 1. The molecule has 0 amide bonds. The van der Waals surface area contributed by atoms with Crippen LogP contribution in [0.4, 0.5) is 0 Å². The minimum atomic E-state index is -1.05. The van der Waals surface area contributed by atoms with Crippen LogP contribution in [0.1, 0.15) is 49.5 Å². The average molecular weight is 266 g/mol. The van der Waals surface area contributed by atoms with Crippen LogP contribution in [0.15, 0.2) is 24.3 Å². The van der Waals surface area contributed by atoms with Gasteiger partial charge in [-0.25, -0.2) is 0 Å². The van der Waals surface area contributed by atoms with Crippen molar-refractivity contribution in [3.05, 3.63) is 35.4 Å². The van der Waals surface area contributed by atoms with Crippen LogP contribution in [0.25, 0.3) is 0 Å². The van der Waals surface area contributed by atoms with Crippen LogP contribution in [0, 0.1) is 0 Å². The maximum atomic E-state index is 12.2.